The number of carbonyl (C=O) groups is 3. The van der Waals surface area contributed by atoms with Gasteiger partial charge in [-0.1, -0.05) is 12.2 Å². The van der Waals surface area contributed by atoms with Gasteiger partial charge >= 0.3 is 11.9 Å². The van der Waals surface area contributed by atoms with Crippen LogP contribution in [0.15, 0.2) is 12.2 Å². The highest BCUT2D eigenvalue weighted by atomic mass is 16.5. The number of ether oxygens (including phenoxy) is 1. The number of carboxylic acids is 2. The van der Waals surface area contributed by atoms with Crippen LogP contribution in [0.1, 0.15) is 12.8 Å². The molecule has 0 aromatic rings. The number of hydrogen-bond donors (Lipinski definition) is 4. The molecule has 3 heterocycles. The fourth-order valence-corrected chi connectivity index (χ4v) is 3.60. The van der Waals surface area contributed by atoms with Crippen molar-refractivity contribution in [2.75, 3.05) is 6.54 Å². The fourth-order valence-electron chi connectivity index (χ4n) is 3.60. The molecule has 0 unspecified atom stereocenters. The van der Waals surface area contributed by atoms with Crippen LogP contribution >= 0.6 is 0 Å². The van der Waals surface area contributed by atoms with Crippen molar-refractivity contribution in [1.29, 1.82) is 0 Å². The fraction of sp³-hybridized carbons (Fsp3) is 0.615. The quantitative estimate of drug-likeness (QED) is 0.478. The number of nitrogens with one attached hydrogen (secondary N) is 2. The summed E-state index contributed by atoms with van der Waals surface area (Å²) < 4.78 is 5.82. The molecule has 0 spiro atoms. The standard InChI is InChI=1S/C13H16N2O6/c16-7(17)5-13-8(11(18)15-10(13)12(19)20)9-6(21-13)3-1-2-4-14-9/h1,3,6,8-10,14H,2,4-5H2,(H,15,18)(H,16,17)(H,19,20)/t6-,8+,9+,10-,13+/m1/s1. The third kappa shape index (κ3) is 2.02. The van der Waals surface area contributed by atoms with Gasteiger partial charge in [-0.2, -0.15) is 0 Å². The number of rotatable bonds is 3. The number of carboxylic acid groups (broad SMARTS) is 2. The smallest absolute Gasteiger partial charge is 0.329 e. The summed E-state index contributed by atoms with van der Waals surface area (Å²) in [6.07, 6.45) is 3.42. The van der Waals surface area contributed by atoms with E-state index in [0.717, 1.165) is 6.42 Å². The SMILES string of the molecule is O=C(O)C[C@]12O[C@@H]3C=CCCN[C@@H]3[C@H]1C(=O)N[C@@H]2C(=O)O. The van der Waals surface area contributed by atoms with Crippen molar-refractivity contribution in [1.82, 2.24) is 10.6 Å². The first kappa shape index (κ1) is 14.0. The maximum Gasteiger partial charge on any atom is 0.329 e. The van der Waals surface area contributed by atoms with Crippen molar-refractivity contribution in [2.45, 2.75) is 36.6 Å². The van der Waals surface area contributed by atoms with Gasteiger partial charge in [-0.15, -0.1) is 0 Å². The van der Waals surface area contributed by atoms with E-state index in [4.69, 9.17) is 9.84 Å². The van der Waals surface area contributed by atoms with Gasteiger partial charge in [0.1, 0.15) is 5.60 Å². The Hall–Kier alpha value is -1.93. The first-order valence-corrected chi connectivity index (χ1v) is 6.78. The van der Waals surface area contributed by atoms with E-state index in [9.17, 15) is 19.5 Å². The van der Waals surface area contributed by atoms with Gasteiger partial charge in [-0.25, -0.2) is 4.79 Å². The predicted octanol–water partition coefficient (Wildman–Crippen LogP) is -1.28. The van der Waals surface area contributed by atoms with Crippen LogP contribution in [0.4, 0.5) is 0 Å². The van der Waals surface area contributed by atoms with Gasteiger partial charge in [-0.05, 0) is 13.0 Å². The van der Waals surface area contributed by atoms with E-state index >= 15 is 0 Å². The zero-order valence-corrected chi connectivity index (χ0v) is 11.1. The van der Waals surface area contributed by atoms with Crippen LogP contribution in [0.3, 0.4) is 0 Å². The van der Waals surface area contributed by atoms with E-state index in [1.54, 1.807) is 6.08 Å². The van der Waals surface area contributed by atoms with Crippen molar-refractivity contribution in [3.05, 3.63) is 12.2 Å². The maximum atomic E-state index is 12.2. The number of amides is 1. The molecule has 0 aromatic heterocycles. The Kier molecular flexibility index (Phi) is 3.22. The lowest BCUT2D eigenvalue weighted by molar-refractivity contribution is -0.155. The molecule has 8 nitrogen and oxygen atoms in total. The second kappa shape index (κ2) is 4.81. The molecule has 0 radical (unpaired) electrons. The van der Waals surface area contributed by atoms with Crippen LogP contribution in [0.2, 0.25) is 0 Å². The highest BCUT2D eigenvalue weighted by Crippen LogP contribution is 2.46. The van der Waals surface area contributed by atoms with E-state index < -0.39 is 54.0 Å². The summed E-state index contributed by atoms with van der Waals surface area (Å²) in [7, 11) is 0. The first-order valence-electron chi connectivity index (χ1n) is 6.78. The van der Waals surface area contributed by atoms with Gasteiger partial charge in [0.2, 0.25) is 5.91 Å². The molecule has 3 aliphatic heterocycles. The summed E-state index contributed by atoms with van der Waals surface area (Å²) >= 11 is 0. The van der Waals surface area contributed by atoms with Gasteiger partial charge < -0.3 is 25.6 Å². The Morgan fingerprint density at radius 1 is 1.43 bits per heavy atom. The topological polar surface area (TPSA) is 125 Å². The monoisotopic (exact) mass is 296 g/mol. The molecule has 8 heteroatoms. The number of aliphatic carboxylic acids is 2. The number of fused-ring (bicyclic) bond motifs is 3. The van der Waals surface area contributed by atoms with Crippen LogP contribution in [0.25, 0.3) is 0 Å². The second-order valence-corrected chi connectivity index (χ2v) is 5.56. The predicted molar refractivity (Wildman–Crippen MR) is 68.5 cm³/mol. The highest BCUT2D eigenvalue weighted by molar-refractivity contribution is 5.94. The molecule has 2 fully saturated rings. The summed E-state index contributed by atoms with van der Waals surface area (Å²) in [5, 5.41) is 24.0. The van der Waals surface area contributed by atoms with Crippen LogP contribution in [-0.4, -0.2) is 58.4 Å². The molecule has 0 bridgehead atoms. The van der Waals surface area contributed by atoms with Gasteiger partial charge in [0.25, 0.3) is 0 Å². The van der Waals surface area contributed by atoms with Crippen molar-refractivity contribution in [3.63, 3.8) is 0 Å². The average molecular weight is 296 g/mol. The molecule has 114 valence electrons. The summed E-state index contributed by atoms with van der Waals surface area (Å²) in [6.45, 7) is 0.631. The molecule has 3 aliphatic rings. The minimum Gasteiger partial charge on any atom is -0.481 e. The average Bonchev–Trinajstić information content (AvgIpc) is 2.71. The van der Waals surface area contributed by atoms with Crippen molar-refractivity contribution >= 4 is 17.8 Å². The molecule has 1 amide bonds. The van der Waals surface area contributed by atoms with E-state index in [1.165, 1.54) is 0 Å². The number of hydrogen-bond acceptors (Lipinski definition) is 5. The minimum atomic E-state index is -1.56. The molecule has 0 aliphatic carbocycles. The minimum absolute atomic E-state index is 0.410. The zero-order chi connectivity index (χ0) is 15.2. The van der Waals surface area contributed by atoms with E-state index in [1.807, 2.05) is 6.08 Å². The summed E-state index contributed by atoms with van der Waals surface area (Å²) in [5.41, 5.74) is -1.56. The normalized spacial score (nSPS) is 41.0. The van der Waals surface area contributed by atoms with Crippen LogP contribution in [-0.2, 0) is 19.1 Å². The van der Waals surface area contributed by atoms with Gasteiger partial charge in [-0.3, -0.25) is 9.59 Å². The highest BCUT2D eigenvalue weighted by Gasteiger charge is 2.68. The largest absolute Gasteiger partial charge is 0.481 e. The van der Waals surface area contributed by atoms with Crippen LogP contribution in [0.5, 0.6) is 0 Å². The Morgan fingerprint density at radius 2 is 2.19 bits per heavy atom. The molecular weight excluding hydrogens is 280 g/mol. The van der Waals surface area contributed by atoms with Crippen LogP contribution in [0, 0.1) is 5.92 Å². The summed E-state index contributed by atoms with van der Waals surface area (Å²) in [5.74, 6) is -3.78. The van der Waals surface area contributed by atoms with E-state index in [-0.39, 0.29) is 0 Å². The molecule has 4 N–H and O–H groups in total. The lowest BCUT2D eigenvalue weighted by Gasteiger charge is -2.29. The first-order chi connectivity index (χ1) is 9.95. The Bertz CT molecular complexity index is 533. The Balaban J connectivity index is 2.04. The third-order valence-electron chi connectivity index (χ3n) is 4.34. The lowest BCUT2D eigenvalue weighted by Crippen LogP contribution is -2.52. The van der Waals surface area contributed by atoms with Crippen molar-refractivity contribution < 1.29 is 29.3 Å². The molecule has 0 saturated carbocycles. The lowest BCUT2D eigenvalue weighted by atomic mass is 9.79. The molecule has 3 rings (SSSR count). The van der Waals surface area contributed by atoms with Crippen LogP contribution < -0.4 is 10.6 Å². The van der Waals surface area contributed by atoms with E-state index in [2.05, 4.69) is 10.6 Å². The van der Waals surface area contributed by atoms with Gasteiger partial charge in [0, 0.05) is 0 Å². The zero-order valence-electron chi connectivity index (χ0n) is 11.1. The van der Waals surface area contributed by atoms with E-state index in [0.29, 0.717) is 6.54 Å². The number of carbonyl (C=O) groups excluding carboxylic acids is 1. The van der Waals surface area contributed by atoms with Crippen molar-refractivity contribution in [2.24, 2.45) is 5.92 Å². The Morgan fingerprint density at radius 3 is 2.86 bits per heavy atom. The summed E-state index contributed by atoms with van der Waals surface area (Å²) in [4.78, 5) is 34.8. The molecule has 0 aromatic carbocycles. The van der Waals surface area contributed by atoms with Crippen molar-refractivity contribution in [3.8, 4) is 0 Å². The molecular formula is C13H16N2O6. The second-order valence-electron chi connectivity index (χ2n) is 5.56. The molecule has 2 saturated heterocycles. The maximum absolute atomic E-state index is 12.2. The molecule has 5 atom stereocenters. The van der Waals surface area contributed by atoms with Gasteiger partial charge in [0.05, 0.1) is 24.5 Å². The molecule has 21 heavy (non-hydrogen) atoms. The Labute approximate surface area is 120 Å². The summed E-state index contributed by atoms with van der Waals surface area (Å²) in [6, 6.07) is -1.76. The van der Waals surface area contributed by atoms with Gasteiger partial charge in [0.15, 0.2) is 6.04 Å². The third-order valence-corrected chi connectivity index (χ3v) is 4.34.